The molecule has 0 fully saturated rings. The summed E-state index contributed by atoms with van der Waals surface area (Å²) in [5.74, 6) is -0.478. The van der Waals surface area contributed by atoms with E-state index in [1.807, 2.05) is 26.2 Å². The minimum atomic E-state index is -0.673. The minimum absolute atomic E-state index is 0.209. The molecule has 0 aliphatic rings. The fraction of sp³-hybridized carbons (Fsp3) is 0.250. The number of aryl methyl sites for hydroxylation is 3. The molecule has 1 aromatic carbocycles. The van der Waals surface area contributed by atoms with Crippen LogP contribution in [0.4, 0.5) is 5.82 Å². The fourth-order valence-electron chi connectivity index (χ4n) is 2.72. The van der Waals surface area contributed by atoms with Gasteiger partial charge in [0.1, 0.15) is 5.82 Å². The van der Waals surface area contributed by atoms with Crippen LogP contribution in [0.1, 0.15) is 27.4 Å². The fourth-order valence-corrected chi connectivity index (χ4v) is 3.35. The molecule has 2 heterocycles. The summed E-state index contributed by atoms with van der Waals surface area (Å²) in [4.78, 5) is 34.3. The highest BCUT2D eigenvalue weighted by atomic mass is 35.5. The Morgan fingerprint density at radius 2 is 1.80 bits per heavy atom. The summed E-state index contributed by atoms with van der Waals surface area (Å²) in [7, 11) is 0. The van der Waals surface area contributed by atoms with E-state index >= 15 is 0 Å². The molecule has 0 saturated heterocycles. The predicted octanol–water partition coefficient (Wildman–Crippen LogP) is 3.76. The van der Waals surface area contributed by atoms with Crippen molar-refractivity contribution in [1.29, 1.82) is 0 Å². The Morgan fingerprint density at radius 1 is 1.10 bits per heavy atom. The summed E-state index contributed by atoms with van der Waals surface area (Å²) in [5.41, 5.74) is 2.44. The van der Waals surface area contributed by atoms with Gasteiger partial charge in [-0.1, -0.05) is 11.6 Å². The molecule has 0 atom stereocenters. The molecule has 1 N–H and O–H groups in total. The van der Waals surface area contributed by atoms with Crippen molar-refractivity contribution in [3.63, 3.8) is 0 Å². The highest BCUT2D eigenvalue weighted by molar-refractivity contribution is 7.98. The van der Waals surface area contributed by atoms with Gasteiger partial charge in [0.15, 0.2) is 6.61 Å². The Bertz CT molecular complexity index is 1100. The normalized spacial score (nSPS) is 10.7. The molecule has 0 radical (unpaired) electrons. The lowest BCUT2D eigenvalue weighted by molar-refractivity contribution is -0.119. The van der Waals surface area contributed by atoms with Crippen LogP contribution in [-0.2, 0) is 9.53 Å². The molecule has 30 heavy (non-hydrogen) atoms. The molecular formula is C20H20ClN5O3S. The van der Waals surface area contributed by atoms with Gasteiger partial charge >= 0.3 is 5.97 Å². The third kappa shape index (κ3) is 5.17. The number of amides is 1. The molecule has 0 bridgehead atoms. The quantitative estimate of drug-likeness (QED) is 0.455. The molecular weight excluding hydrogens is 426 g/mol. The maximum absolute atomic E-state index is 12.4. The van der Waals surface area contributed by atoms with Crippen LogP contribution in [0.5, 0.6) is 0 Å². The highest BCUT2D eigenvalue weighted by Gasteiger charge is 2.17. The summed E-state index contributed by atoms with van der Waals surface area (Å²) in [6, 6.07) is 8.57. The molecule has 2 aromatic heterocycles. The van der Waals surface area contributed by atoms with E-state index in [0.29, 0.717) is 17.5 Å². The topological polar surface area (TPSA) is 99.0 Å². The molecule has 1 amide bonds. The molecule has 0 aliphatic carbocycles. The van der Waals surface area contributed by atoms with Crippen molar-refractivity contribution in [2.24, 2.45) is 0 Å². The summed E-state index contributed by atoms with van der Waals surface area (Å²) >= 11 is 7.55. The number of nitrogens with one attached hydrogen (secondary N) is 1. The molecule has 0 spiro atoms. The van der Waals surface area contributed by atoms with Crippen LogP contribution in [0.15, 0.2) is 35.2 Å². The number of anilines is 1. The molecule has 0 aliphatic heterocycles. The average Bonchev–Trinajstić information content (AvgIpc) is 3.05. The third-order valence-electron chi connectivity index (χ3n) is 3.99. The van der Waals surface area contributed by atoms with Crippen LogP contribution in [0, 0.1) is 20.8 Å². The lowest BCUT2D eigenvalue weighted by Crippen LogP contribution is -2.23. The van der Waals surface area contributed by atoms with Gasteiger partial charge in [-0.3, -0.25) is 4.79 Å². The first-order valence-corrected chi connectivity index (χ1v) is 10.6. The number of carbonyl (C=O) groups is 2. The zero-order valence-corrected chi connectivity index (χ0v) is 18.5. The van der Waals surface area contributed by atoms with E-state index in [2.05, 4.69) is 20.4 Å². The van der Waals surface area contributed by atoms with E-state index in [1.54, 1.807) is 31.2 Å². The van der Waals surface area contributed by atoms with E-state index in [1.165, 1.54) is 16.4 Å². The largest absolute Gasteiger partial charge is 0.452 e. The second-order valence-corrected chi connectivity index (χ2v) is 7.79. The van der Waals surface area contributed by atoms with Gasteiger partial charge in [-0.05, 0) is 51.3 Å². The van der Waals surface area contributed by atoms with Gasteiger partial charge in [0.2, 0.25) is 0 Å². The lowest BCUT2D eigenvalue weighted by atomic mass is 10.2. The number of nitrogens with zero attached hydrogens (tertiary/aromatic N) is 4. The Hall–Kier alpha value is -2.91. The lowest BCUT2D eigenvalue weighted by Gasteiger charge is -2.10. The SMILES string of the molecule is CSc1ccc(Cl)c(C(=O)OCC(=O)Nc2cc(C)nn2-c2nc(C)cc(C)n2)c1. The molecule has 10 heteroatoms. The Kier molecular flexibility index (Phi) is 6.73. The number of hydrogen-bond donors (Lipinski definition) is 1. The molecule has 8 nitrogen and oxygen atoms in total. The maximum atomic E-state index is 12.4. The van der Waals surface area contributed by atoms with Crippen LogP contribution in [0.2, 0.25) is 5.02 Å². The number of carbonyl (C=O) groups excluding carboxylic acids is 2. The second-order valence-electron chi connectivity index (χ2n) is 6.50. The summed E-state index contributed by atoms with van der Waals surface area (Å²) < 4.78 is 6.57. The number of benzene rings is 1. The maximum Gasteiger partial charge on any atom is 0.340 e. The van der Waals surface area contributed by atoms with E-state index in [0.717, 1.165) is 16.3 Å². The third-order valence-corrected chi connectivity index (χ3v) is 5.04. The van der Waals surface area contributed by atoms with Gasteiger partial charge in [0.25, 0.3) is 11.9 Å². The van der Waals surface area contributed by atoms with E-state index in [-0.39, 0.29) is 10.6 Å². The van der Waals surface area contributed by atoms with Crippen molar-refractivity contribution >= 4 is 41.1 Å². The highest BCUT2D eigenvalue weighted by Crippen LogP contribution is 2.23. The van der Waals surface area contributed by atoms with Crippen LogP contribution < -0.4 is 5.32 Å². The zero-order chi connectivity index (χ0) is 21.8. The van der Waals surface area contributed by atoms with Gasteiger partial charge in [0.05, 0.1) is 16.3 Å². The molecule has 0 unspecified atom stereocenters. The van der Waals surface area contributed by atoms with Crippen LogP contribution >= 0.6 is 23.4 Å². The summed E-state index contributed by atoms with van der Waals surface area (Å²) in [6.45, 7) is 5.01. The predicted molar refractivity (Wildman–Crippen MR) is 116 cm³/mol. The van der Waals surface area contributed by atoms with Crippen molar-refractivity contribution in [1.82, 2.24) is 19.7 Å². The van der Waals surface area contributed by atoms with Gasteiger partial charge in [-0.2, -0.15) is 9.78 Å². The molecule has 156 valence electrons. The Morgan fingerprint density at radius 3 is 2.47 bits per heavy atom. The van der Waals surface area contributed by atoms with Crippen LogP contribution in [-0.4, -0.2) is 44.5 Å². The average molecular weight is 446 g/mol. The Balaban J connectivity index is 1.71. The number of aromatic nitrogens is 4. The number of ether oxygens (including phenoxy) is 1. The van der Waals surface area contributed by atoms with E-state index in [4.69, 9.17) is 16.3 Å². The summed E-state index contributed by atoms with van der Waals surface area (Å²) in [5, 5.41) is 7.28. The first-order valence-electron chi connectivity index (χ1n) is 8.96. The zero-order valence-electron chi connectivity index (χ0n) is 16.9. The number of thioether (sulfide) groups is 1. The monoisotopic (exact) mass is 445 g/mol. The van der Waals surface area contributed by atoms with Crippen molar-refractivity contribution in [2.75, 3.05) is 18.2 Å². The Labute approximate surface area is 183 Å². The molecule has 3 rings (SSSR count). The number of esters is 1. The van der Waals surface area contributed by atoms with Gasteiger partial charge in [0, 0.05) is 22.3 Å². The van der Waals surface area contributed by atoms with Crippen molar-refractivity contribution in [2.45, 2.75) is 25.7 Å². The first kappa shape index (κ1) is 21.8. The van der Waals surface area contributed by atoms with Crippen molar-refractivity contribution in [3.8, 4) is 5.95 Å². The van der Waals surface area contributed by atoms with Gasteiger partial charge in [-0.25, -0.2) is 14.8 Å². The number of halogens is 1. The van der Waals surface area contributed by atoms with Crippen LogP contribution in [0.25, 0.3) is 5.95 Å². The molecule has 3 aromatic rings. The van der Waals surface area contributed by atoms with Crippen molar-refractivity contribution < 1.29 is 14.3 Å². The first-order chi connectivity index (χ1) is 14.3. The minimum Gasteiger partial charge on any atom is -0.452 e. The van der Waals surface area contributed by atoms with Crippen molar-refractivity contribution in [3.05, 3.63) is 58.0 Å². The second kappa shape index (κ2) is 9.27. The number of hydrogen-bond acceptors (Lipinski definition) is 7. The smallest absolute Gasteiger partial charge is 0.340 e. The standard InChI is InChI=1S/C20H20ClN5O3S/c1-11-7-12(2)23-20(22-11)26-17(8-13(3)25-26)24-18(27)10-29-19(28)15-9-14(30-4)5-6-16(15)21/h5-9H,10H2,1-4H3,(H,24,27). The molecule has 0 saturated carbocycles. The van der Waals surface area contributed by atoms with E-state index in [9.17, 15) is 9.59 Å². The van der Waals surface area contributed by atoms with Gasteiger partial charge in [-0.15, -0.1) is 11.8 Å². The van der Waals surface area contributed by atoms with Crippen LogP contribution in [0.3, 0.4) is 0 Å². The summed E-state index contributed by atoms with van der Waals surface area (Å²) in [6.07, 6.45) is 1.89. The van der Waals surface area contributed by atoms with E-state index < -0.39 is 18.5 Å². The number of rotatable bonds is 6. The van der Waals surface area contributed by atoms with Gasteiger partial charge < -0.3 is 10.1 Å².